The lowest BCUT2D eigenvalue weighted by Gasteiger charge is -2.45. The van der Waals surface area contributed by atoms with E-state index in [1.54, 1.807) is 0 Å². The van der Waals surface area contributed by atoms with Gasteiger partial charge in [-0.25, -0.2) is 0 Å². The Bertz CT molecular complexity index is 1300. The Morgan fingerprint density at radius 3 is 1.29 bits per heavy atom. The maximum atomic E-state index is 9.54. The van der Waals surface area contributed by atoms with Gasteiger partial charge in [-0.1, -0.05) is 144 Å². The minimum Gasteiger partial charge on any atom is -0.404 e. The maximum Gasteiger partial charge on any atom is 0.261 e. The van der Waals surface area contributed by atoms with Crippen molar-refractivity contribution >= 4 is 18.7 Å². The summed E-state index contributed by atoms with van der Waals surface area (Å²) in [6.07, 6.45) is 6.30. The fraction of sp³-hybridized carbons (Fsp3) is 0.415. The van der Waals surface area contributed by atoms with Gasteiger partial charge in [0.05, 0.1) is 0 Å². The molecule has 0 saturated heterocycles. The highest BCUT2D eigenvalue weighted by Gasteiger charge is 2.51. The second kappa shape index (κ2) is 16.5. The number of hydrogen-bond acceptors (Lipinski definition) is 3. The van der Waals surface area contributed by atoms with E-state index in [2.05, 4.69) is 144 Å². The monoisotopic (exact) mass is 622 g/mol. The van der Waals surface area contributed by atoms with Gasteiger partial charge >= 0.3 is 0 Å². The molecule has 0 saturated carbocycles. The van der Waals surface area contributed by atoms with Gasteiger partial charge in [-0.3, -0.25) is 0 Å². The molecule has 2 unspecified atom stereocenters. The third-order valence-corrected chi connectivity index (χ3v) is 14.5. The zero-order valence-corrected chi connectivity index (χ0v) is 29.1. The van der Waals surface area contributed by atoms with E-state index in [-0.39, 0.29) is 36.2 Å². The molecule has 0 aliphatic rings. The van der Waals surface area contributed by atoms with Gasteiger partial charge in [-0.2, -0.15) is 0 Å². The summed E-state index contributed by atoms with van der Waals surface area (Å²) in [5.41, 5.74) is 5.05. The molecule has 4 aromatic carbocycles. The molecule has 0 aliphatic carbocycles. The van der Waals surface area contributed by atoms with Crippen molar-refractivity contribution in [1.29, 1.82) is 0 Å². The molecule has 2 atom stereocenters. The molecule has 0 radical (unpaired) electrons. The van der Waals surface area contributed by atoms with E-state index in [0.717, 1.165) is 38.5 Å². The van der Waals surface area contributed by atoms with Crippen molar-refractivity contribution < 1.29 is 14.6 Å². The first-order valence-corrected chi connectivity index (χ1v) is 18.8. The Hall–Kier alpha value is -3.02. The van der Waals surface area contributed by atoms with Crippen molar-refractivity contribution in [1.82, 2.24) is 0 Å². The van der Waals surface area contributed by atoms with Crippen LogP contribution in [-0.4, -0.2) is 37.8 Å². The van der Waals surface area contributed by atoms with Crippen LogP contribution in [0.15, 0.2) is 109 Å². The molecule has 4 aromatic rings. The minimum atomic E-state index is -2.67. The van der Waals surface area contributed by atoms with Crippen LogP contribution in [0.3, 0.4) is 0 Å². The zero-order chi connectivity index (χ0) is 32.3. The van der Waals surface area contributed by atoms with Crippen molar-refractivity contribution in [3.05, 3.63) is 131 Å². The van der Waals surface area contributed by atoms with E-state index in [1.165, 1.54) is 32.6 Å². The number of hydrogen-bond donors (Lipinski definition) is 2. The number of rotatable bonds is 16. The van der Waals surface area contributed by atoms with Gasteiger partial charge in [0.15, 0.2) is 0 Å². The average molecular weight is 623 g/mol. The Morgan fingerprint density at radius 2 is 0.956 bits per heavy atom. The Kier molecular flexibility index (Phi) is 12.8. The highest BCUT2D eigenvalue weighted by Crippen LogP contribution is 2.38. The van der Waals surface area contributed by atoms with E-state index >= 15 is 0 Å². The molecular weight excluding hydrogens is 569 g/mol. The Balaban J connectivity index is 1.58. The summed E-state index contributed by atoms with van der Waals surface area (Å²) in [5, 5.41) is 21.7. The van der Waals surface area contributed by atoms with Crippen LogP contribution in [0.1, 0.15) is 94.4 Å². The molecule has 240 valence electrons. The van der Waals surface area contributed by atoms with Crippen LogP contribution in [0.25, 0.3) is 0 Å². The summed E-state index contributed by atoms with van der Waals surface area (Å²) in [7, 11) is -2.67. The van der Waals surface area contributed by atoms with E-state index in [1.807, 2.05) is 0 Å². The largest absolute Gasteiger partial charge is 0.404 e. The molecule has 0 bridgehead atoms. The number of aliphatic hydroxyl groups is 2. The predicted octanol–water partition coefficient (Wildman–Crippen LogP) is 8.17. The second-order valence-electron chi connectivity index (χ2n) is 13.8. The molecule has 0 aromatic heterocycles. The van der Waals surface area contributed by atoms with Gasteiger partial charge in [0, 0.05) is 31.2 Å². The topological polar surface area (TPSA) is 49.7 Å². The Labute approximate surface area is 273 Å². The van der Waals surface area contributed by atoms with E-state index < -0.39 is 8.32 Å². The molecule has 0 heterocycles. The van der Waals surface area contributed by atoms with E-state index in [9.17, 15) is 10.2 Å². The standard InChI is InChI=1S/C41H54O3Si/c1-32(30-42)36-26-22-34(23-27-36)14-12-16-38(17-13-15-35-24-28-37(29-25-35)33(2)31-43)44-45(41(3,4)5,39-18-8-6-9-19-39)40-20-10-7-11-21-40/h6-11,18-29,32-33,38,42-43H,12-17,30-31H2,1-5H3. The average Bonchev–Trinajstić information content (AvgIpc) is 3.07. The van der Waals surface area contributed by atoms with Gasteiger partial charge in [-0.05, 0) is 76.2 Å². The van der Waals surface area contributed by atoms with Crippen molar-refractivity contribution in [2.45, 2.75) is 96.1 Å². The lowest BCUT2D eigenvalue weighted by atomic mass is 9.97. The number of aliphatic hydroxyl groups excluding tert-OH is 2. The van der Waals surface area contributed by atoms with Crippen LogP contribution in [0.5, 0.6) is 0 Å². The van der Waals surface area contributed by atoms with Gasteiger partial charge in [0.2, 0.25) is 0 Å². The number of aryl methyl sites for hydroxylation is 2. The molecule has 4 rings (SSSR count). The first-order chi connectivity index (χ1) is 21.7. The summed E-state index contributed by atoms with van der Waals surface area (Å²) in [6.45, 7) is 11.6. The van der Waals surface area contributed by atoms with Crippen LogP contribution >= 0.6 is 0 Å². The fourth-order valence-electron chi connectivity index (χ4n) is 6.51. The first kappa shape index (κ1) is 34.8. The highest BCUT2D eigenvalue weighted by molar-refractivity contribution is 6.99. The van der Waals surface area contributed by atoms with Crippen LogP contribution < -0.4 is 10.4 Å². The van der Waals surface area contributed by atoms with Crippen molar-refractivity contribution in [3.63, 3.8) is 0 Å². The van der Waals surface area contributed by atoms with Crippen molar-refractivity contribution in [3.8, 4) is 0 Å². The summed E-state index contributed by atoms with van der Waals surface area (Å²) in [5.74, 6) is 0.329. The third-order valence-electron chi connectivity index (χ3n) is 9.39. The minimum absolute atomic E-state index is 0.0631. The van der Waals surface area contributed by atoms with E-state index in [0.29, 0.717) is 0 Å². The molecule has 0 amide bonds. The molecular formula is C41H54O3Si. The second-order valence-corrected chi connectivity index (χ2v) is 18.1. The van der Waals surface area contributed by atoms with Gasteiger partial charge in [-0.15, -0.1) is 0 Å². The van der Waals surface area contributed by atoms with Gasteiger partial charge in [0.25, 0.3) is 8.32 Å². The predicted molar refractivity (Wildman–Crippen MR) is 192 cm³/mol. The Morgan fingerprint density at radius 1 is 0.578 bits per heavy atom. The van der Waals surface area contributed by atoms with Crippen LogP contribution in [0.2, 0.25) is 5.04 Å². The molecule has 0 fully saturated rings. The van der Waals surface area contributed by atoms with Crippen molar-refractivity contribution in [2.24, 2.45) is 0 Å². The van der Waals surface area contributed by atoms with Gasteiger partial charge < -0.3 is 14.6 Å². The highest BCUT2D eigenvalue weighted by atomic mass is 28.4. The first-order valence-electron chi connectivity index (χ1n) is 16.9. The quantitative estimate of drug-likeness (QED) is 0.124. The molecule has 3 nitrogen and oxygen atoms in total. The maximum absolute atomic E-state index is 9.54. The molecule has 2 N–H and O–H groups in total. The van der Waals surface area contributed by atoms with Crippen LogP contribution in [-0.2, 0) is 17.3 Å². The van der Waals surface area contributed by atoms with Crippen LogP contribution in [0, 0.1) is 0 Å². The summed E-state index contributed by atoms with van der Waals surface area (Å²) in [4.78, 5) is 0. The SMILES string of the molecule is CC(CO)c1ccc(CCCC(CCCc2ccc(C(C)CO)cc2)O[Si](c2ccccc2)(c2ccccc2)C(C)(C)C)cc1. The summed E-state index contributed by atoms with van der Waals surface area (Å²) >= 11 is 0. The number of benzene rings is 4. The van der Waals surface area contributed by atoms with Crippen molar-refractivity contribution in [2.75, 3.05) is 13.2 Å². The zero-order valence-electron chi connectivity index (χ0n) is 28.1. The summed E-state index contributed by atoms with van der Waals surface area (Å²) < 4.78 is 7.66. The fourth-order valence-corrected chi connectivity index (χ4v) is 11.3. The summed E-state index contributed by atoms with van der Waals surface area (Å²) in [6, 6.07) is 39.5. The lowest BCUT2D eigenvalue weighted by Crippen LogP contribution is -2.67. The van der Waals surface area contributed by atoms with E-state index in [4.69, 9.17) is 4.43 Å². The normalized spacial score (nSPS) is 14.2. The smallest absolute Gasteiger partial charge is 0.261 e. The molecule has 45 heavy (non-hydrogen) atoms. The molecule has 0 spiro atoms. The van der Waals surface area contributed by atoms with Crippen LogP contribution in [0.4, 0.5) is 0 Å². The molecule has 4 heteroatoms. The lowest BCUT2D eigenvalue weighted by molar-refractivity contribution is 0.162. The van der Waals surface area contributed by atoms with Gasteiger partial charge in [0.1, 0.15) is 0 Å². The molecule has 0 aliphatic heterocycles. The third kappa shape index (κ3) is 9.04.